The summed E-state index contributed by atoms with van der Waals surface area (Å²) >= 11 is 0. The lowest BCUT2D eigenvalue weighted by atomic mass is 10.0. The van der Waals surface area contributed by atoms with E-state index < -0.39 is 15.9 Å². The molecule has 0 atom stereocenters. The van der Waals surface area contributed by atoms with Crippen molar-refractivity contribution in [2.24, 2.45) is 0 Å². The molecule has 2 amide bonds. The van der Waals surface area contributed by atoms with Gasteiger partial charge in [0.05, 0.1) is 11.4 Å². The molecule has 0 saturated heterocycles. The van der Waals surface area contributed by atoms with Crippen LogP contribution in [0.15, 0.2) is 83.8 Å². The second kappa shape index (κ2) is 10.8. The van der Waals surface area contributed by atoms with Crippen LogP contribution in [0.2, 0.25) is 0 Å². The molecule has 182 valence electrons. The van der Waals surface area contributed by atoms with E-state index in [0.29, 0.717) is 32.6 Å². The van der Waals surface area contributed by atoms with Crippen LogP contribution in [0.5, 0.6) is 0 Å². The van der Waals surface area contributed by atoms with E-state index in [0.717, 1.165) is 16.7 Å². The standard InChI is InChI=1S/C27H29N3O4S/c1-2-29(19-21-9-4-3-5-10-21)26(31)18-28-27(32)23-13-8-14-25(17-23)35(33,34)30-16-15-22-11-6-7-12-24(22)20-30/h3-14,17H,2,15-16,18-20H2,1H3,(H,28,32). The van der Waals surface area contributed by atoms with Crippen molar-refractivity contribution < 1.29 is 18.0 Å². The van der Waals surface area contributed by atoms with Crippen LogP contribution in [0, 0.1) is 0 Å². The molecule has 0 fully saturated rings. The van der Waals surface area contributed by atoms with Crippen LogP contribution in [-0.2, 0) is 34.3 Å². The Morgan fingerprint density at radius 3 is 2.40 bits per heavy atom. The maximum atomic E-state index is 13.3. The summed E-state index contributed by atoms with van der Waals surface area (Å²) in [5, 5.41) is 2.63. The molecule has 1 aliphatic heterocycles. The van der Waals surface area contributed by atoms with Gasteiger partial charge in [-0.3, -0.25) is 9.59 Å². The minimum Gasteiger partial charge on any atom is -0.343 e. The van der Waals surface area contributed by atoms with Crippen molar-refractivity contribution in [1.29, 1.82) is 0 Å². The lowest BCUT2D eigenvalue weighted by molar-refractivity contribution is -0.130. The van der Waals surface area contributed by atoms with E-state index in [2.05, 4.69) is 5.32 Å². The number of benzene rings is 3. The smallest absolute Gasteiger partial charge is 0.251 e. The molecule has 0 saturated carbocycles. The maximum Gasteiger partial charge on any atom is 0.251 e. The fourth-order valence-corrected chi connectivity index (χ4v) is 5.64. The molecule has 0 spiro atoms. The van der Waals surface area contributed by atoms with E-state index in [1.807, 2.05) is 61.5 Å². The Bertz CT molecular complexity index is 1310. The number of nitrogens with zero attached hydrogens (tertiary/aromatic N) is 2. The monoisotopic (exact) mass is 491 g/mol. The van der Waals surface area contributed by atoms with Gasteiger partial charge in [-0.1, -0.05) is 60.7 Å². The highest BCUT2D eigenvalue weighted by Gasteiger charge is 2.28. The number of likely N-dealkylation sites (N-methyl/N-ethyl adjacent to an activating group) is 1. The van der Waals surface area contributed by atoms with Crippen LogP contribution in [0.25, 0.3) is 0 Å². The van der Waals surface area contributed by atoms with Crippen LogP contribution < -0.4 is 5.32 Å². The summed E-state index contributed by atoms with van der Waals surface area (Å²) in [6.07, 6.45) is 0.647. The molecule has 8 heteroatoms. The third kappa shape index (κ3) is 5.78. The molecule has 0 aliphatic carbocycles. The van der Waals surface area contributed by atoms with Crippen LogP contribution >= 0.6 is 0 Å². The van der Waals surface area contributed by atoms with E-state index >= 15 is 0 Å². The summed E-state index contributed by atoms with van der Waals surface area (Å²) in [5.74, 6) is -0.699. The number of fused-ring (bicyclic) bond motifs is 1. The van der Waals surface area contributed by atoms with Crippen LogP contribution in [0.3, 0.4) is 0 Å². The first-order valence-corrected chi connectivity index (χ1v) is 13.1. The van der Waals surface area contributed by atoms with Gasteiger partial charge in [0, 0.05) is 31.7 Å². The zero-order valence-corrected chi connectivity index (χ0v) is 20.5. The van der Waals surface area contributed by atoms with E-state index in [1.165, 1.54) is 16.4 Å². The molecule has 1 N–H and O–H groups in total. The lowest BCUT2D eigenvalue weighted by Gasteiger charge is -2.28. The summed E-state index contributed by atoms with van der Waals surface area (Å²) in [6, 6.07) is 23.4. The molecule has 4 rings (SSSR count). The molecule has 0 radical (unpaired) electrons. The zero-order valence-electron chi connectivity index (χ0n) is 19.7. The molecule has 1 heterocycles. The van der Waals surface area contributed by atoms with E-state index in [-0.39, 0.29) is 22.9 Å². The molecular weight excluding hydrogens is 462 g/mol. The molecule has 0 bridgehead atoms. The zero-order chi connectivity index (χ0) is 24.8. The third-order valence-electron chi connectivity index (χ3n) is 6.18. The predicted octanol–water partition coefficient (Wildman–Crippen LogP) is 3.21. The Balaban J connectivity index is 1.41. The summed E-state index contributed by atoms with van der Waals surface area (Å²) in [5.41, 5.74) is 3.35. The van der Waals surface area contributed by atoms with Crippen molar-refractivity contribution in [3.63, 3.8) is 0 Å². The summed E-state index contributed by atoms with van der Waals surface area (Å²) in [4.78, 5) is 27.1. The predicted molar refractivity (Wildman–Crippen MR) is 134 cm³/mol. The van der Waals surface area contributed by atoms with Crippen molar-refractivity contribution in [1.82, 2.24) is 14.5 Å². The molecule has 35 heavy (non-hydrogen) atoms. The Hall–Kier alpha value is -3.49. The van der Waals surface area contributed by atoms with Gasteiger partial charge in [0.1, 0.15) is 0 Å². The minimum absolute atomic E-state index is 0.0649. The Kier molecular flexibility index (Phi) is 7.63. The van der Waals surface area contributed by atoms with Gasteiger partial charge in [-0.2, -0.15) is 4.31 Å². The van der Waals surface area contributed by atoms with Crippen LogP contribution in [-0.4, -0.2) is 49.1 Å². The van der Waals surface area contributed by atoms with E-state index in [9.17, 15) is 18.0 Å². The topological polar surface area (TPSA) is 86.8 Å². The Morgan fingerprint density at radius 2 is 1.66 bits per heavy atom. The summed E-state index contributed by atoms with van der Waals surface area (Å²) < 4.78 is 28.0. The molecule has 3 aromatic rings. The van der Waals surface area contributed by atoms with Crippen molar-refractivity contribution in [2.45, 2.75) is 31.3 Å². The van der Waals surface area contributed by atoms with Crippen molar-refractivity contribution >= 4 is 21.8 Å². The van der Waals surface area contributed by atoms with Crippen molar-refractivity contribution in [3.8, 4) is 0 Å². The van der Waals surface area contributed by atoms with Gasteiger partial charge in [0.15, 0.2) is 0 Å². The van der Waals surface area contributed by atoms with Gasteiger partial charge in [-0.25, -0.2) is 8.42 Å². The van der Waals surface area contributed by atoms with Crippen LogP contribution in [0.4, 0.5) is 0 Å². The van der Waals surface area contributed by atoms with E-state index in [4.69, 9.17) is 0 Å². The molecule has 1 aliphatic rings. The fourth-order valence-electron chi connectivity index (χ4n) is 4.17. The first-order valence-electron chi connectivity index (χ1n) is 11.7. The number of amides is 2. The fraction of sp³-hybridized carbons (Fsp3) is 0.259. The average Bonchev–Trinajstić information content (AvgIpc) is 2.90. The molecule has 0 unspecified atom stereocenters. The molecule has 7 nitrogen and oxygen atoms in total. The lowest BCUT2D eigenvalue weighted by Crippen LogP contribution is -2.40. The number of nitrogens with one attached hydrogen (secondary N) is 1. The molecule has 0 aromatic heterocycles. The normalized spacial score (nSPS) is 13.6. The van der Waals surface area contributed by atoms with Gasteiger partial charge in [-0.05, 0) is 48.2 Å². The largest absolute Gasteiger partial charge is 0.343 e. The van der Waals surface area contributed by atoms with Crippen molar-refractivity contribution in [3.05, 3.63) is 101 Å². The minimum atomic E-state index is -3.77. The number of hydrogen-bond donors (Lipinski definition) is 1. The second-order valence-corrected chi connectivity index (χ2v) is 10.4. The number of carbonyl (C=O) groups is 2. The van der Waals surface area contributed by atoms with E-state index in [1.54, 1.807) is 17.0 Å². The summed E-state index contributed by atoms with van der Waals surface area (Å²) in [7, 11) is -3.77. The highest BCUT2D eigenvalue weighted by Crippen LogP contribution is 2.25. The Labute approximate surface area is 206 Å². The number of sulfonamides is 1. The van der Waals surface area contributed by atoms with Gasteiger partial charge >= 0.3 is 0 Å². The van der Waals surface area contributed by atoms with Gasteiger partial charge in [0.25, 0.3) is 5.91 Å². The van der Waals surface area contributed by atoms with Gasteiger partial charge < -0.3 is 10.2 Å². The average molecular weight is 492 g/mol. The Morgan fingerprint density at radius 1 is 0.943 bits per heavy atom. The van der Waals surface area contributed by atoms with Gasteiger partial charge in [0.2, 0.25) is 15.9 Å². The summed E-state index contributed by atoms with van der Waals surface area (Å²) in [6.45, 7) is 3.38. The van der Waals surface area contributed by atoms with Crippen LogP contribution in [0.1, 0.15) is 34.0 Å². The first kappa shape index (κ1) is 24.6. The van der Waals surface area contributed by atoms with Crippen molar-refractivity contribution in [2.75, 3.05) is 19.6 Å². The maximum absolute atomic E-state index is 13.3. The number of rotatable bonds is 8. The van der Waals surface area contributed by atoms with Gasteiger partial charge in [-0.15, -0.1) is 0 Å². The second-order valence-electron chi connectivity index (χ2n) is 8.46. The molecule has 3 aromatic carbocycles. The quantitative estimate of drug-likeness (QED) is 0.524. The highest BCUT2D eigenvalue weighted by molar-refractivity contribution is 7.89. The number of carbonyl (C=O) groups excluding carboxylic acids is 2. The highest BCUT2D eigenvalue weighted by atomic mass is 32.2. The first-order chi connectivity index (χ1) is 16.9. The number of hydrogen-bond acceptors (Lipinski definition) is 4. The third-order valence-corrected chi connectivity index (χ3v) is 8.02. The molecular formula is C27H29N3O4S. The SMILES string of the molecule is CCN(Cc1ccccc1)C(=O)CNC(=O)c1cccc(S(=O)(=O)N2CCc3ccccc3C2)c1.